The van der Waals surface area contributed by atoms with Gasteiger partial charge in [-0.15, -0.1) is 0 Å². The van der Waals surface area contributed by atoms with E-state index in [1.165, 1.54) is 7.11 Å². The molecule has 0 saturated heterocycles. The van der Waals surface area contributed by atoms with E-state index in [1.807, 2.05) is 6.92 Å². The third-order valence-electron chi connectivity index (χ3n) is 2.18. The van der Waals surface area contributed by atoms with Crippen LogP contribution in [0.1, 0.15) is 34.7 Å². The molecule has 2 N–H and O–H groups in total. The maximum absolute atomic E-state index is 11.2. The van der Waals surface area contributed by atoms with E-state index in [2.05, 4.69) is 4.74 Å². The van der Waals surface area contributed by atoms with Gasteiger partial charge in [0.25, 0.3) is 0 Å². The molecule has 0 bridgehead atoms. The Hall–Kier alpha value is -1.29. The second-order valence-corrected chi connectivity index (χ2v) is 3.25. The summed E-state index contributed by atoms with van der Waals surface area (Å²) in [6, 6.07) is 1.69. The van der Waals surface area contributed by atoms with Crippen molar-refractivity contribution in [3.8, 4) is 0 Å². The van der Waals surface area contributed by atoms with Gasteiger partial charge in [0.05, 0.1) is 7.11 Å². The van der Waals surface area contributed by atoms with Crippen LogP contribution in [0.5, 0.6) is 0 Å². The van der Waals surface area contributed by atoms with Gasteiger partial charge in [0.15, 0.2) is 0 Å². The SMILES string of the molecule is COC(=O)c1cc(C(C)CN)oc1C. The molecule has 0 spiro atoms. The topological polar surface area (TPSA) is 65.5 Å². The Labute approximate surface area is 83.0 Å². The van der Waals surface area contributed by atoms with Crippen molar-refractivity contribution in [2.75, 3.05) is 13.7 Å². The van der Waals surface area contributed by atoms with Crippen molar-refractivity contribution < 1.29 is 13.9 Å². The van der Waals surface area contributed by atoms with Gasteiger partial charge in [-0.3, -0.25) is 0 Å². The first kappa shape index (κ1) is 10.8. The maximum Gasteiger partial charge on any atom is 0.341 e. The Kier molecular flexibility index (Phi) is 3.30. The first-order valence-corrected chi connectivity index (χ1v) is 4.48. The molecule has 4 nitrogen and oxygen atoms in total. The molecule has 0 radical (unpaired) electrons. The summed E-state index contributed by atoms with van der Waals surface area (Å²) < 4.78 is 10.0. The van der Waals surface area contributed by atoms with E-state index in [0.717, 1.165) is 5.76 Å². The summed E-state index contributed by atoms with van der Waals surface area (Å²) in [5.41, 5.74) is 5.97. The van der Waals surface area contributed by atoms with Crippen LogP contribution >= 0.6 is 0 Å². The van der Waals surface area contributed by atoms with Crippen LogP contribution in [0.4, 0.5) is 0 Å². The summed E-state index contributed by atoms with van der Waals surface area (Å²) in [6.07, 6.45) is 0. The van der Waals surface area contributed by atoms with E-state index >= 15 is 0 Å². The molecule has 1 rings (SSSR count). The first-order valence-electron chi connectivity index (χ1n) is 4.48. The molecule has 0 aliphatic heterocycles. The minimum absolute atomic E-state index is 0.118. The second-order valence-electron chi connectivity index (χ2n) is 3.25. The number of furan rings is 1. The average Bonchev–Trinajstić information content (AvgIpc) is 2.58. The van der Waals surface area contributed by atoms with Crippen molar-refractivity contribution in [1.29, 1.82) is 0 Å². The van der Waals surface area contributed by atoms with Gasteiger partial charge >= 0.3 is 5.97 Å². The number of nitrogens with two attached hydrogens (primary N) is 1. The highest BCUT2D eigenvalue weighted by Crippen LogP contribution is 2.21. The number of hydrogen-bond acceptors (Lipinski definition) is 4. The lowest BCUT2D eigenvalue weighted by atomic mass is 10.1. The van der Waals surface area contributed by atoms with E-state index < -0.39 is 0 Å². The zero-order valence-electron chi connectivity index (χ0n) is 8.66. The largest absolute Gasteiger partial charge is 0.465 e. The summed E-state index contributed by atoms with van der Waals surface area (Å²) in [7, 11) is 1.35. The van der Waals surface area contributed by atoms with Crippen LogP contribution in [0.15, 0.2) is 10.5 Å². The minimum Gasteiger partial charge on any atom is -0.465 e. The molecule has 0 saturated carbocycles. The fourth-order valence-electron chi connectivity index (χ4n) is 1.18. The van der Waals surface area contributed by atoms with Crippen LogP contribution in [0, 0.1) is 6.92 Å². The number of ether oxygens (including phenoxy) is 1. The molecular weight excluding hydrogens is 182 g/mol. The van der Waals surface area contributed by atoms with E-state index in [-0.39, 0.29) is 11.9 Å². The molecule has 0 amide bonds. The maximum atomic E-state index is 11.2. The highest BCUT2D eigenvalue weighted by Gasteiger charge is 2.17. The molecule has 1 aromatic heterocycles. The zero-order chi connectivity index (χ0) is 10.7. The van der Waals surface area contributed by atoms with Crippen LogP contribution in [0.3, 0.4) is 0 Å². The summed E-state index contributed by atoms with van der Waals surface area (Å²) in [5.74, 6) is 1.05. The smallest absolute Gasteiger partial charge is 0.341 e. The third kappa shape index (κ3) is 1.96. The van der Waals surface area contributed by atoms with Gasteiger partial charge in [-0.05, 0) is 13.0 Å². The third-order valence-corrected chi connectivity index (χ3v) is 2.18. The molecule has 0 fully saturated rings. The van der Waals surface area contributed by atoms with Crippen LogP contribution in [0.2, 0.25) is 0 Å². The van der Waals surface area contributed by atoms with E-state index in [4.69, 9.17) is 10.2 Å². The standard InChI is InChI=1S/C10H15NO3/c1-6(5-11)9-4-8(7(2)14-9)10(12)13-3/h4,6H,5,11H2,1-3H3. The number of carbonyl (C=O) groups is 1. The van der Waals surface area contributed by atoms with Crippen LogP contribution in [0.25, 0.3) is 0 Å². The number of esters is 1. The van der Waals surface area contributed by atoms with Gasteiger partial charge in [0.2, 0.25) is 0 Å². The van der Waals surface area contributed by atoms with Crippen LogP contribution in [-0.2, 0) is 4.74 Å². The number of hydrogen-bond donors (Lipinski definition) is 1. The summed E-state index contributed by atoms with van der Waals surface area (Å²) in [4.78, 5) is 11.2. The Morgan fingerprint density at radius 2 is 2.36 bits per heavy atom. The summed E-state index contributed by atoms with van der Waals surface area (Å²) in [5, 5.41) is 0. The Balaban J connectivity index is 2.98. The lowest BCUT2D eigenvalue weighted by Gasteiger charge is -2.01. The second kappa shape index (κ2) is 4.28. The number of methoxy groups -OCH3 is 1. The molecule has 4 heteroatoms. The van der Waals surface area contributed by atoms with E-state index in [0.29, 0.717) is 17.9 Å². The highest BCUT2D eigenvalue weighted by molar-refractivity contribution is 5.90. The van der Waals surface area contributed by atoms with Crippen molar-refractivity contribution in [3.63, 3.8) is 0 Å². The summed E-state index contributed by atoms with van der Waals surface area (Å²) in [6.45, 7) is 4.17. The van der Waals surface area contributed by atoms with Gasteiger partial charge < -0.3 is 14.9 Å². The van der Waals surface area contributed by atoms with Gasteiger partial charge in [0, 0.05) is 12.5 Å². The van der Waals surface area contributed by atoms with Gasteiger partial charge in [-0.2, -0.15) is 0 Å². The van der Waals surface area contributed by atoms with Crippen molar-refractivity contribution >= 4 is 5.97 Å². The van der Waals surface area contributed by atoms with Gasteiger partial charge in [0.1, 0.15) is 17.1 Å². The Bertz CT molecular complexity index is 330. The first-order chi connectivity index (χ1) is 6.60. The average molecular weight is 197 g/mol. The molecule has 1 unspecified atom stereocenters. The van der Waals surface area contributed by atoms with Crippen molar-refractivity contribution in [1.82, 2.24) is 0 Å². The predicted molar refractivity (Wildman–Crippen MR) is 52.3 cm³/mol. The Morgan fingerprint density at radius 3 is 2.86 bits per heavy atom. The molecule has 0 aliphatic carbocycles. The lowest BCUT2D eigenvalue weighted by molar-refractivity contribution is 0.0599. The van der Waals surface area contributed by atoms with Crippen LogP contribution < -0.4 is 5.73 Å². The number of rotatable bonds is 3. The number of aryl methyl sites for hydroxylation is 1. The highest BCUT2D eigenvalue weighted by atomic mass is 16.5. The monoisotopic (exact) mass is 197 g/mol. The normalized spacial score (nSPS) is 12.6. The molecular formula is C10H15NO3. The summed E-state index contributed by atoms with van der Waals surface area (Å²) >= 11 is 0. The molecule has 78 valence electrons. The molecule has 0 aromatic carbocycles. The molecule has 0 aliphatic rings. The number of carbonyl (C=O) groups excluding carboxylic acids is 1. The van der Waals surface area contributed by atoms with Crippen LogP contribution in [-0.4, -0.2) is 19.6 Å². The quantitative estimate of drug-likeness (QED) is 0.744. The minimum atomic E-state index is -0.373. The van der Waals surface area contributed by atoms with Crippen molar-refractivity contribution in [3.05, 3.63) is 23.2 Å². The van der Waals surface area contributed by atoms with Crippen molar-refractivity contribution in [2.24, 2.45) is 5.73 Å². The van der Waals surface area contributed by atoms with Gasteiger partial charge in [-0.1, -0.05) is 6.92 Å². The van der Waals surface area contributed by atoms with Gasteiger partial charge in [-0.25, -0.2) is 4.79 Å². The van der Waals surface area contributed by atoms with Crippen molar-refractivity contribution in [2.45, 2.75) is 19.8 Å². The molecule has 1 heterocycles. The molecule has 1 aromatic rings. The zero-order valence-corrected chi connectivity index (χ0v) is 8.66. The fourth-order valence-corrected chi connectivity index (χ4v) is 1.18. The fraction of sp³-hybridized carbons (Fsp3) is 0.500. The van der Waals surface area contributed by atoms with E-state index in [1.54, 1.807) is 13.0 Å². The lowest BCUT2D eigenvalue weighted by Crippen LogP contribution is -2.08. The predicted octanol–water partition coefficient (Wildman–Crippen LogP) is 1.44. The molecule has 1 atom stereocenters. The molecule has 14 heavy (non-hydrogen) atoms. The Morgan fingerprint density at radius 1 is 1.71 bits per heavy atom. The van der Waals surface area contributed by atoms with E-state index in [9.17, 15) is 4.79 Å².